The molecule has 4 aromatic rings. The Morgan fingerprint density at radius 2 is 1.89 bits per heavy atom. The second-order valence-corrected chi connectivity index (χ2v) is 9.78. The summed E-state index contributed by atoms with van der Waals surface area (Å²) in [5, 5.41) is 14.1. The average Bonchev–Trinajstić information content (AvgIpc) is 3.56. The van der Waals surface area contributed by atoms with E-state index in [4.69, 9.17) is 0 Å². The van der Waals surface area contributed by atoms with Gasteiger partial charge in [-0.2, -0.15) is 0 Å². The van der Waals surface area contributed by atoms with Gasteiger partial charge in [0.2, 0.25) is 0 Å². The van der Waals surface area contributed by atoms with Crippen molar-refractivity contribution in [2.45, 2.75) is 77.5 Å². The van der Waals surface area contributed by atoms with Gasteiger partial charge >= 0.3 is 0 Å². The molecule has 5 rings (SSSR count). The minimum Gasteiger partial charge on any atom is -0.321 e. The zero-order valence-corrected chi connectivity index (χ0v) is 20.7. The zero-order chi connectivity index (χ0) is 24.2. The maximum absolute atomic E-state index is 13.2. The number of tetrazole rings is 1. The fourth-order valence-electron chi connectivity index (χ4n) is 5.44. The van der Waals surface area contributed by atoms with Crippen LogP contribution in [0.2, 0.25) is 0 Å². The molecule has 0 aliphatic heterocycles. The van der Waals surface area contributed by atoms with Crippen molar-refractivity contribution in [3.63, 3.8) is 0 Å². The Bertz CT molecular complexity index is 1320. The summed E-state index contributed by atoms with van der Waals surface area (Å²) in [6.07, 6.45) is 6.62. The molecule has 0 radical (unpaired) electrons. The Morgan fingerprint density at radius 3 is 2.66 bits per heavy atom. The van der Waals surface area contributed by atoms with Gasteiger partial charge in [0.25, 0.3) is 5.56 Å². The van der Waals surface area contributed by atoms with E-state index in [1.807, 2.05) is 31.2 Å². The molecule has 1 fully saturated rings. The Morgan fingerprint density at radius 1 is 1.09 bits per heavy atom. The third-order valence-electron chi connectivity index (χ3n) is 7.26. The lowest BCUT2D eigenvalue weighted by Gasteiger charge is -2.31. The summed E-state index contributed by atoms with van der Waals surface area (Å²) >= 11 is 0. The van der Waals surface area contributed by atoms with Crippen molar-refractivity contribution < 1.29 is 0 Å². The number of pyridine rings is 1. The molecule has 0 amide bonds. The number of hydrogen-bond donors (Lipinski definition) is 1. The van der Waals surface area contributed by atoms with Crippen LogP contribution < -0.4 is 5.56 Å². The first-order valence-corrected chi connectivity index (χ1v) is 12.8. The fraction of sp³-hybridized carbons (Fsp3) is 0.429. The van der Waals surface area contributed by atoms with Gasteiger partial charge in [0.05, 0.1) is 17.6 Å². The monoisotopic (exact) mass is 470 g/mol. The number of nitrogens with zero attached hydrogens (tertiary/aromatic N) is 5. The molecule has 2 aromatic carbocycles. The average molecular weight is 471 g/mol. The van der Waals surface area contributed by atoms with Crippen molar-refractivity contribution in [2.24, 2.45) is 0 Å². The molecule has 1 atom stereocenters. The van der Waals surface area contributed by atoms with Crippen LogP contribution >= 0.6 is 0 Å². The molecular formula is C28H34N6O. The number of rotatable bonds is 9. The fourth-order valence-corrected chi connectivity index (χ4v) is 5.44. The Balaban J connectivity index is 1.55. The molecule has 0 unspecified atom stereocenters. The highest BCUT2D eigenvalue weighted by Crippen LogP contribution is 2.34. The van der Waals surface area contributed by atoms with Crippen molar-refractivity contribution in [2.75, 3.05) is 0 Å². The Labute approximate surface area is 206 Å². The van der Waals surface area contributed by atoms with Crippen LogP contribution in [-0.4, -0.2) is 30.1 Å². The van der Waals surface area contributed by atoms with E-state index < -0.39 is 0 Å². The van der Waals surface area contributed by atoms with E-state index in [0.717, 1.165) is 53.5 Å². The van der Waals surface area contributed by atoms with Gasteiger partial charge in [-0.05, 0) is 59.2 Å². The maximum atomic E-state index is 13.2. The number of fused-ring (bicyclic) bond motifs is 1. The van der Waals surface area contributed by atoms with Gasteiger partial charge in [0, 0.05) is 18.7 Å². The van der Waals surface area contributed by atoms with Crippen LogP contribution in [0.25, 0.3) is 10.9 Å². The number of hydrogen-bond acceptors (Lipinski definition) is 5. The molecule has 2 heterocycles. The standard InChI is InChI=1S/C28H34N6O/c1-3-10-25(27-30-31-32-34(27)24-15-7-8-16-24)33(18-21-12-5-4-6-13-21)19-23-17-22-14-9-11-20(2)26(22)29-28(23)35/h4-6,9,11-14,17,24-25H,3,7-8,10,15-16,18-19H2,1-2H3,(H,29,35)/t25-/m0/s1. The molecular weight excluding hydrogens is 436 g/mol. The highest BCUT2D eigenvalue weighted by atomic mass is 16.1. The second kappa shape index (κ2) is 10.5. The van der Waals surface area contributed by atoms with Crippen LogP contribution in [0, 0.1) is 6.92 Å². The number of benzene rings is 2. The summed E-state index contributed by atoms with van der Waals surface area (Å²) in [6, 6.07) is 19.0. The van der Waals surface area contributed by atoms with Crippen LogP contribution in [0.4, 0.5) is 0 Å². The predicted octanol–water partition coefficient (Wildman–Crippen LogP) is 5.48. The third kappa shape index (κ3) is 5.05. The lowest BCUT2D eigenvalue weighted by atomic mass is 10.0. The van der Waals surface area contributed by atoms with E-state index in [0.29, 0.717) is 19.1 Å². The highest BCUT2D eigenvalue weighted by Gasteiger charge is 2.30. The first kappa shape index (κ1) is 23.4. The summed E-state index contributed by atoms with van der Waals surface area (Å²) in [7, 11) is 0. The summed E-state index contributed by atoms with van der Waals surface area (Å²) in [5.74, 6) is 0.919. The van der Waals surface area contributed by atoms with E-state index in [9.17, 15) is 4.79 Å². The van der Waals surface area contributed by atoms with Crippen LogP contribution in [0.5, 0.6) is 0 Å². The summed E-state index contributed by atoms with van der Waals surface area (Å²) < 4.78 is 2.07. The molecule has 182 valence electrons. The van der Waals surface area contributed by atoms with Crippen LogP contribution in [0.15, 0.2) is 59.4 Å². The van der Waals surface area contributed by atoms with Crippen LogP contribution in [-0.2, 0) is 13.1 Å². The van der Waals surface area contributed by atoms with Crippen molar-refractivity contribution in [3.8, 4) is 0 Å². The normalized spacial score (nSPS) is 15.3. The number of H-pyrrole nitrogens is 1. The largest absolute Gasteiger partial charge is 0.321 e. The van der Waals surface area contributed by atoms with E-state index in [1.165, 1.54) is 18.4 Å². The van der Waals surface area contributed by atoms with Gasteiger partial charge < -0.3 is 4.98 Å². The van der Waals surface area contributed by atoms with E-state index >= 15 is 0 Å². The van der Waals surface area contributed by atoms with Crippen molar-refractivity contribution in [1.29, 1.82) is 0 Å². The number of aromatic amines is 1. The first-order chi connectivity index (χ1) is 17.1. The number of aryl methyl sites for hydroxylation is 1. The van der Waals surface area contributed by atoms with E-state index in [1.54, 1.807) is 0 Å². The lowest BCUT2D eigenvalue weighted by Crippen LogP contribution is -2.33. The van der Waals surface area contributed by atoms with Gasteiger partial charge in [0.15, 0.2) is 5.82 Å². The number of nitrogens with one attached hydrogen (secondary N) is 1. The van der Waals surface area contributed by atoms with Crippen molar-refractivity contribution in [3.05, 3.63) is 87.5 Å². The molecule has 1 aliphatic carbocycles. The molecule has 2 aromatic heterocycles. The van der Waals surface area contributed by atoms with E-state index in [2.05, 4.69) is 67.3 Å². The lowest BCUT2D eigenvalue weighted by molar-refractivity contribution is 0.153. The first-order valence-electron chi connectivity index (χ1n) is 12.8. The highest BCUT2D eigenvalue weighted by molar-refractivity contribution is 5.81. The smallest absolute Gasteiger partial charge is 0.252 e. The molecule has 1 N–H and O–H groups in total. The molecule has 0 saturated heterocycles. The SMILES string of the molecule is CCC[C@@H](c1nnnn1C1CCCC1)N(Cc1ccccc1)Cc1cc2cccc(C)c2[nH]c1=O. The van der Waals surface area contributed by atoms with E-state index in [-0.39, 0.29) is 11.6 Å². The summed E-state index contributed by atoms with van der Waals surface area (Å²) in [4.78, 5) is 18.7. The van der Waals surface area contributed by atoms with Crippen LogP contribution in [0.1, 0.15) is 80.0 Å². The quantitative estimate of drug-likeness (QED) is 0.350. The predicted molar refractivity (Wildman–Crippen MR) is 138 cm³/mol. The molecule has 1 saturated carbocycles. The van der Waals surface area contributed by atoms with Crippen LogP contribution in [0.3, 0.4) is 0 Å². The number of aromatic nitrogens is 5. The van der Waals surface area contributed by atoms with Gasteiger partial charge in [-0.15, -0.1) is 5.10 Å². The second-order valence-electron chi connectivity index (χ2n) is 9.78. The number of para-hydroxylation sites is 1. The summed E-state index contributed by atoms with van der Waals surface area (Å²) in [6.45, 7) is 5.47. The van der Waals surface area contributed by atoms with Gasteiger partial charge in [0.1, 0.15) is 0 Å². The Kier molecular flexibility index (Phi) is 7.04. The van der Waals surface area contributed by atoms with Crippen molar-refractivity contribution in [1.82, 2.24) is 30.1 Å². The molecule has 0 spiro atoms. The minimum absolute atomic E-state index is 0.0170. The topological polar surface area (TPSA) is 79.7 Å². The molecule has 0 bridgehead atoms. The molecule has 1 aliphatic rings. The third-order valence-corrected chi connectivity index (χ3v) is 7.26. The Hall–Kier alpha value is -3.32. The molecule has 35 heavy (non-hydrogen) atoms. The molecule has 7 nitrogen and oxygen atoms in total. The van der Waals surface area contributed by atoms with Gasteiger partial charge in [-0.3, -0.25) is 9.69 Å². The maximum Gasteiger partial charge on any atom is 0.252 e. The minimum atomic E-state index is -0.0319. The molecule has 7 heteroatoms. The zero-order valence-electron chi connectivity index (χ0n) is 20.7. The van der Waals surface area contributed by atoms with Crippen molar-refractivity contribution >= 4 is 10.9 Å². The van der Waals surface area contributed by atoms with Gasteiger partial charge in [-0.1, -0.05) is 74.7 Å². The van der Waals surface area contributed by atoms with Gasteiger partial charge in [-0.25, -0.2) is 4.68 Å². The summed E-state index contributed by atoms with van der Waals surface area (Å²) in [5.41, 5.74) is 3.93.